The third-order valence-corrected chi connectivity index (χ3v) is 2.14. The number of nitrogens with zero attached hydrogens (tertiary/aromatic N) is 2. The molecule has 5 heteroatoms. The lowest BCUT2D eigenvalue weighted by atomic mass is 10.3. The van der Waals surface area contributed by atoms with Crippen molar-refractivity contribution in [1.82, 2.24) is 9.88 Å². The Morgan fingerprint density at radius 1 is 1.50 bits per heavy atom. The van der Waals surface area contributed by atoms with Crippen LogP contribution in [0, 0.1) is 0 Å². The van der Waals surface area contributed by atoms with Crippen LogP contribution in [-0.2, 0) is 0 Å². The number of carbonyl (C=O) groups is 1. The standard InChI is InChI=1S/C11H17N3O2/c1-2-6-14(7-8-15)11(16)9-4-3-5-10(12)13-9/h3-5,15H,2,6-8H2,1H3,(H2,12,13). The number of nitrogens with two attached hydrogens (primary N) is 1. The summed E-state index contributed by atoms with van der Waals surface area (Å²) in [4.78, 5) is 17.5. The van der Waals surface area contributed by atoms with Gasteiger partial charge in [-0.25, -0.2) is 4.98 Å². The smallest absolute Gasteiger partial charge is 0.272 e. The van der Waals surface area contributed by atoms with Gasteiger partial charge in [-0.3, -0.25) is 4.79 Å². The van der Waals surface area contributed by atoms with Gasteiger partial charge in [0.2, 0.25) is 0 Å². The topological polar surface area (TPSA) is 79.5 Å². The van der Waals surface area contributed by atoms with Crippen LogP contribution in [0.3, 0.4) is 0 Å². The molecule has 5 nitrogen and oxygen atoms in total. The van der Waals surface area contributed by atoms with Crippen LogP contribution in [0.2, 0.25) is 0 Å². The first kappa shape index (κ1) is 12.4. The maximum Gasteiger partial charge on any atom is 0.272 e. The van der Waals surface area contributed by atoms with Crippen molar-refractivity contribution in [2.75, 3.05) is 25.4 Å². The van der Waals surface area contributed by atoms with E-state index in [1.54, 1.807) is 23.1 Å². The van der Waals surface area contributed by atoms with Crippen LogP contribution in [-0.4, -0.2) is 40.6 Å². The SMILES string of the molecule is CCCN(CCO)C(=O)c1cccc(N)n1. The first-order chi connectivity index (χ1) is 7.69. The number of anilines is 1. The normalized spacial score (nSPS) is 10.1. The minimum atomic E-state index is -0.191. The van der Waals surface area contributed by atoms with Crippen LogP contribution < -0.4 is 5.73 Å². The van der Waals surface area contributed by atoms with Gasteiger partial charge in [-0.1, -0.05) is 13.0 Å². The molecule has 0 aromatic carbocycles. The lowest BCUT2D eigenvalue weighted by molar-refractivity contribution is 0.0716. The summed E-state index contributed by atoms with van der Waals surface area (Å²) in [6, 6.07) is 4.95. The maximum absolute atomic E-state index is 12.0. The number of aliphatic hydroxyl groups is 1. The number of aromatic nitrogens is 1. The van der Waals surface area contributed by atoms with E-state index in [1.165, 1.54) is 0 Å². The van der Waals surface area contributed by atoms with Crippen LogP contribution in [0.5, 0.6) is 0 Å². The molecule has 1 heterocycles. The largest absolute Gasteiger partial charge is 0.395 e. The van der Waals surface area contributed by atoms with Crippen molar-refractivity contribution in [2.24, 2.45) is 0 Å². The van der Waals surface area contributed by atoms with Crippen LogP contribution in [0.1, 0.15) is 23.8 Å². The second-order valence-corrected chi connectivity index (χ2v) is 3.46. The zero-order chi connectivity index (χ0) is 12.0. The van der Waals surface area contributed by atoms with Crippen molar-refractivity contribution in [2.45, 2.75) is 13.3 Å². The molecule has 1 aromatic heterocycles. The summed E-state index contributed by atoms with van der Waals surface area (Å²) < 4.78 is 0. The predicted octanol–water partition coefficient (Wildman–Crippen LogP) is 0.508. The van der Waals surface area contributed by atoms with Crippen molar-refractivity contribution in [3.63, 3.8) is 0 Å². The van der Waals surface area contributed by atoms with Crippen molar-refractivity contribution in [3.05, 3.63) is 23.9 Å². The van der Waals surface area contributed by atoms with Gasteiger partial charge in [-0.15, -0.1) is 0 Å². The second-order valence-electron chi connectivity index (χ2n) is 3.46. The molecule has 16 heavy (non-hydrogen) atoms. The van der Waals surface area contributed by atoms with Gasteiger partial charge in [-0.2, -0.15) is 0 Å². The average molecular weight is 223 g/mol. The monoisotopic (exact) mass is 223 g/mol. The fourth-order valence-corrected chi connectivity index (χ4v) is 1.44. The lowest BCUT2D eigenvalue weighted by Crippen LogP contribution is -2.34. The number of hydrogen-bond acceptors (Lipinski definition) is 4. The zero-order valence-electron chi connectivity index (χ0n) is 9.39. The number of aliphatic hydroxyl groups excluding tert-OH is 1. The minimum Gasteiger partial charge on any atom is -0.395 e. The van der Waals surface area contributed by atoms with Gasteiger partial charge in [0.1, 0.15) is 11.5 Å². The third-order valence-electron chi connectivity index (χ3n) is 2.14. The molecule has 0 unspecified atom stereocenters. The van der Waals surface area contributed by atoms with E-state index in [1.807, 2.05) is 6.92 Å². The summed E-state index contributed by atoms with van der Waals surface area (Å²) in [7, 11) is 0. The number of pyridine rings is 1. The van der Waals surface area contributed by atoms with Crippen molar-refractivity contribution in [1.29, 1.82) is 0 Å². The fraction of sp³-hybridized carbons (Fsp3) is 0.455. The summed E-state index contributed by atoms with van der Waals surface area (Å²) in [6.45, 7) is 2.86. The Morgan fingerprint density at radius 3 is 2.81 bits per heavy atom. The molecule has 3 N–H and O–H groups in total. The van der Waals surface area contributed by atoms with Gasteiger partial charge in [0.15, 0.2) is 0 Å². The van der Waals surface area contributed by atoms with E-state index < -0.39 is 0 Å². The summed E-state index contributed by atoms with van der Waals surface area (Å²) in [6.07, 6.45) is 0.841. The van der Waals surface area contributed by atoms with Gasteiger partial charge in [-0.05, 0) is 18.6 Å². The highest BCUT2D eigenvalue weighted by Crippen LogP contribution is 2.05. The Labute approximate surface area is 94.9 Å². The molecule has 0 saturated heterocycles. The molecule has 0 aliphatic carbocycles. The number of amides is 1. The molecule has 0 bridgehead atoms. The van der Waals surface area contributed by atoms with Crippen LogP contribution in [0.4, 0.5) is 5.82 Å². The number of hydrogen-bond donors (Lipinski definition) is 2. The Kier molecular flexibility index (Phi) is 4.72. The van der Waals surface area contributed by atoms with E-state index >= 15 is 0 Å². The Morgan fingerprint density at radius 2 is 2.25 bits per heavy atom. The number of nitrogen functional groups attached to an aromatic ring is 1. The molecular formula is C11H17N3O2. The maximum atomic E-state index is 12.0. The van der Waals surface area contributed by atoms with Crippen molar-refractivity contribution < 1.29 is 9.90 Å². The van der Waals surface area contributed by atoms with Crippen LogP contribution in [0.15, 0.2) is 18.2 Å². The molecule has 0 spiro atoms. The van der Waals surface area contributed by atoms with E-state index in [2.05, 4.69) is 4.98 Å². The van der Waals surface area contributed by atoms with Gasteiger partial charge >= 0.3 is 0 Å². The van der Waals surface area contributed by atoms with Gasteiger partial charge in [0.05, 0.1) is 6.61 Å². The molecule has 0 saturated carbocycles. The average Bonchev–Trinajstić information content (AvgIpc) is 2.28. The Balaban J connectivity index is 2.81. The molecule has 1 rings (SSSR count). The summed E-state index contributed by atoms with van der Waals surface area (Å²) in [5.74, 6) is 0.134. The molecule has 1 amide bonds. The predicted molar refractivity (Wildman–Crippen MR) is 61.9 cm³/mol. The first-order valence-corrected chi connectivity index (χ1v) is 5.31. The quantitative estimate of drug-likeness (QED) is 0.762. The number of rotatable bonds is 5. The van der Waals surface area contributed by atoms with E-state index in [-0.39, 0.29) is 12.5 Å². The fourth-order valence-electron chi connectivity index (χ4n) is 1.44. The molecule has 1 aromatic rings. The van der Waals surface area contributed by atoms with Gasteiger partial charge < -0.3 is 15.7 Å². The van der Waals surface area contributed by atoms with Crippen molar-refractivity contribution in [3.8, 4) is 0 Å². The molecule has 88 valence electrons. The van der Waals surface area contributed by atoms with Crippen molar-refractivity contribution >= 4 is 11.7 Å². The van der Waals surface area contributed by atoms with E-state index in [9.17, 15) is 4.79 Å². The van der Waals surface area contributed by atoms with E-state index in [0.29, 0.717) is 24.6 Å². The highest BCUT2D eigenvalue weighted by Gasteiger charge is 2.15. The molecular weight excluding hydrogens is 206 g/mol. The molecule has 0 atom stereocenters. The Hall–Kier alpha value is -1.62. The van der Waals surface area contributed by atoms with Crippen LogP contribution in [0.25, 0.3) is 0 Å². The molecule has 0 fully saturated rings. The summed E-state index contributed by atoms with van der Waals surface area (Å²) in [5, 5.41) is 8.87. The summed E-state index contributed by atoms with van der Waals surface area (Å²) in [5.41, 5.74) is 5.83. The van der Waals surface area contributed by atoms with Gasteiger partial charge in [0.25, 0.3) is 5.91 Å². The minimum absolute atomic E-state index is 0.0476. The highest BCUT2D eigenvalue weighted by molar-refractivity contribution is 5.92. The Bertz CT molecular complexity index is 349. The lowest BCUT2D eigenvalue weighted by Gasteiger charge is -2.20. The molecule has 0 aliphatic heterocycles. The van der Waals surface area contributed by atoms with E-state index in [4.69, 9.17) is 10.8 Å². The molecule has 0 radical (unpaired) electrons. The van der Waals surface area contributed by atoms with Crippen LogP contribution >= 0.6 is 0 Å². The molecule has 0 aliphatic rings. The first-order valence-electron chi connectivity index (χ1n) is 5.31. The van der Waals surface area contributed by atoms with E-state index in [0.717, 1.165) is 6.42 Å². The van der Waals surface area contributed by atoms with Gasteiger partial charge in [0, 0.05) is 13.1 Å². The third kappa shape index (κ3) is 3.20. The number of carbonyl (C=O) groups excluding carboxylic acids is 1. The zero-order valence-corrected chi connectivity index (χ0v) is 9.39. The highest BCUT2D eigenvalue weighted by atomic mass is 16.3. The second kappa shape index (κ2) is 6.07. The summed E-state index contributed by atoms with van der Waals surface area (Å²) >= 11 is 0.